The molecule has 1 aromatic carbocycles. The molecule has 5 rings (SSSR count). The maximum Gasteiger partial charge on any atom is 0.115 e. The first kappa shape index (κ1) is 16.4. The molecule has 2 heterocycles. The van der Waals surface area contributed by atoms with Gasteiger partial charge in [-0.1, -0.05) is 12.1 Å². The van der Waals surface area contributed by atoms with E-state index in [0.29, 0.717) is 24.4 Å². The van der Waals surface area contributed by atoms with Gasteiger partial charge in [-0.15, -0.1) is 0 Å². The van der Waals surface area contributed by atoms with Gasteiger partial charge in [0.1, 0.15) is 5.75 Å². The fourth-order valence-corrected chi connectivity index (χ4v) is 4.85. The molecule has 0 aromatic heterocycles. The summed E-state index contributed by atoms with van der Waals surface area (Å²) in [5, 5.41) is 9.79. The molecule has 132 valence electrons. The number of rotatable bonds is 1. The lowest BCUT2D eigenvalue weighted by Crippen LogP contribution is -2.38. The van der Waals surface area contributed by atoms with Crippen LogP contribution >= 0.6 is 0 Å². The molecule has 0 amide bonds. The maximum atomic E-state index is 9.79. The smallest absolute Gasteiger partial charge is 0.115 e. The van der Waals surface area contributed by atoms with Gasteiger partial charge in [-0.25, -0.2) is 9.78 Å². The minimum atomic E-state index is 0.275. The van der Waals surface area contributed by atoms with Gasteiger partial charge in [0.05, 0.1) is 25.4 Å². The molecule has 2 saturated carbocycles. The van der Waals surface area contributed by atoms with Crippen LogP contribution in [-0.4, -0.2) is 30.5 Å². The van der Waals surface area contributed by atoms with Gasteiger partial charge in [-0.3, -0.25) is 0 Å². The number of hydrogen-bond acceptors (Lipinski definition) is 4. The van der Waals surface area contributed by atoms with Crippen LogP contribution < -0.4 is 0 Å². The number of ether oxygens (including phenoxy) is 1. The third-order valence-corrected chi connectivity index (χ3v) is 5.91. The molecule has 2 saturated heterocycles. The average molecular weight is 332 g/mol. The van der Waals surface area contributed by atoms with Gasteiger partial charge in [-0.05, 0) is 74.5 Å². The van der Waals surface area contributed by atoms with E-state index in [0.717, 1.165) is 62.5 Å². The van der Waals surface area contributed by atoms with E-state index in [4.69, 9.17) is 14.5 Å². The second-order valence-corrected chi connectivity index (χ2v) is 7.84. The van der Waals surface area contributed by atoms with Crippen LogP contribution in [0.1, 0.15) is 56.4 Å². The van der Waals surface area contributed by atoms with Crippen molar-refractivity contribution in [2.75, 3.05) is 13.2 Å². The second kappa shape index (κ2) is 7.42. The van der Waals surface area contributed by atoms with Crippen LogP contribution in [0.25, 0.3) is 0 Å². The summed E-state index contributed by atoms with van der Waals surface area (Å²) in [6.07, 6.45) is 8.46. The van der Waals surface area contributed by atoms with Gasteiger partial charge < -0.3 is 9.84 Å². The standard InChI is InChI=1S/C20H28O4/c21-18-5-1-3-16(12-18)17-4-2-6-23-24-20-10-14-7-15(11-20)9-19(8-14)22-13-17/h1,3,5,12,14-15,17,19-21H,2,4,6-11,13H2. The number of phenolic OH excluding ortho intramolecular Hbond substituents is 1. The van der Waals surface area contributed by atoms with Crippen molar-refractivity contribution in [2.45, 2.75) is 63.1 Å². The topological polar surface area (TPSA) is 47.9 Å². The largest absolute Gasteiger partial charge is 0.508 e. The lowest BCUT2D eigenvalue weighted by atomic mass is 9.70. The van der Waals surface area contributed by atoms with Gasteiger partial charge in [-0.2, -0.15) is 0 Å². The summed E-state index contributed by atoms with van der Waals surface area (Å²) in [7, 11) is 0. The number of phenols is 1. The minimum Gasteiger partial charge on any atom is -0.508 e. The van der Waals surface area contributed by atoms with Crippen molar-refractivity contribution in [1.29, 1.82) is 0 Å². The highest BCUT2D eigenvalue weighted by atomic mass is 17.2. The molecule has 1 aromatic rings. The summed E-state index contributed by atoms with van der Waals surface area (Å²) < 4.78 is 6.37. The molecule has 4 aliphatic rings. The minimum absolute atomic E-state index is 0.275. The molecule has 3 atom stereocenters. The number of fused-ring (bicyclic) bond motifs is 7. The first-order chi connectivity index (χ1) is 11.8. The molecule has 4 fully saturated rings. The molecular weight excluding hydrogens is 304 g/mol. The maximum absolute atomic E-state index is 9.79. The Morgan fingerprint density at radius 1 is 0.958 bits per heavy atom. The molecule has 4 nitrogen and oxygen atoms in total. The lowest BCUT2D eigenvalue weighted by molar-refractivity contribution is -0.334. The zero-order valence-corrected chi connectivity index (χ0v) is 14.2. The van der Waals surface area contributed by atoms with E-state index in [1.165, 1.54) is 6.42 Å². The van der Waals surface area contributed by atoms with E-state index in [1.807, 2.05) is 12.1 Å². The van der Waals surface area contributed by atoms with E-state index in [-0.39, 0.29) is 6.10 Å². The van der Waals surface area contributed by atoms with Crippen LogP contribution in [0, 0.1) is 11.8 Å². The van der Waals surface area contributed by atoms with Crippen LogP contribution in [0.15, 0.2) is 24.3 Å². The van der Waals surface area contributed by atoms with Crippen LogP contribution in [0.4, 0.5) is 0 Å². The van der Waals surface area contributed by atoms with Crippen molar-refractivity contribution in [3.8, 4) is 5.75 Å². The van der Waals surface area contributed by atoms with Crippen LogP contribution in [-0.2, 0) is 14.5 Å². The zero-order chi connectivity index (χ0) is 16.4. The third-order valence-electron chi connectivity index (χ3n) is 5.91. The highest BCUT2D eigenvalue weighted by Gasteiger charge is 2.37. The first-order valence-electron chi connectivity index (χ1n) is 9.45. The van der Waals surface area contributed by atoms with E-state index in [1.54, 1.807) is 6.07 Å². The Hall–Kier alpha value is -1.10. The summed E-state index contributed by atoms with van der Waals surface area (Å²) in [6, 6.07) is 7.59. The van der Waals surface area contributed by atoms with Crippen LogP contribution in [0.5, 0.6) is 5.75 Å². The fraction of sp³-hybridized carbons (Fsp3) is 0.700. The van der Waals surface area contributed by atoms with E-state index in [2.05, 4.69) is 6.07 Å². The van der Waals surface area contributed by atoms with Crippen molar-refractivity contribution < 1.29 is 19.6 Å². The zero-order valence-electron chi connectivity index (χ0n) is 14.2. The predicted octanol–water partition coefficient (Wildman–Crippen LogP) is 4.18. The lowest BCUT2D eigenvalue weighted by Gasteiger charge is -2.41. The Morgan fingerprint density at radius 3 is 2.54 bits per heavy atom. The summed E-state index contributed by atoms with van der Waals surface area (Å²) in [6.45, 7) is 1.36. The first-order valence-corrected chi connectivity index (χ1v) is 9.45. The molecule has 2 aliphatic carbocycles. The Morgan fingerprint density at radius 2 is 1.75 bits per heavy atom. The monoisotopic (exact) mass is 332 g/mol. The molecule has 24 heavy (non-hydrogen) atoms. The van der Waals surface area contributed by atoms with E-state index >= 15 is 0 Å². The fourth-order valence-electron chi connectivity index (χ4n) is 4.85. The Labute approximate surface area is 144 Å². The van der Waals surface area contributed by atoms with Gasteiger partial charge in [0.25, 0.3) is 0 Å². The molecule has 4 bridgehead atoms. The molecule has 0 radical (unpaired) electrons. The van der Waals surface area contributed by atoms with E-state index in [9.17, 15) is 5.11 Å². The third kappa shape index (κ3) is 3.93. The predicted molar refractivity (Wildman–Crippen MR) is 90.7 cm³/mol. The quantitative estimate of drug-likeness (QED) is 0.784. The van der Waals surface area contributed by atoms with Crippen LogP contribution in [0.2, 0.25) is 0 Å². The SMILES string of the molecule is Oc1cccc(C2CCCOOC3CC4CC(CC(C4)OC2)C3)c1. The number of hydrogen-bond donors (Lipinski definition) is 1. The van der Waals surface area contributed by atoms with Gasteiger partial charge in [0.2, 0.25) is 0 Å². The molecule has 0 spiro atoms. The van der Waals surface area contributed by atoms with E-state index < -0.39 is 0 Å². The summed E-state index contributed by atoms with van der Waals surface area (Å²) in [5.74, 6) is 2.07. The Kier molecular flexibility index (Phi) is 5.06. The molecule has 2 aliphatic heterocycles. The molecule has 1 N–H and O–H groups in total. The second-order valence-electron chi connectivity index (χ2n) is 7.84. The summed E-state index contributed by atoms with van der Waals surface area (Å²) in [4.78, 5) is 11.2. The van der Waals surface area contributed by atoms with Crippen molar-refractivity contribution in [3.05, 3.63) is 29.8 Å². The molecule has 3 unspecified atom stereocenters. The van der Waals surface area contributed by atoms with Crippen molar-refractivity contribution >= 4 is 0 Å². The molecule has 4 heteroatoms. The highest BCUT2D eigenvalue weighted by molar-refractivity contribution is 5.29. The summed E-state index contributed by atoms with van der Waals surface area (Å²) in [5.41, 5.74) is 1.16. The number of benzene rings is 1. The van der Waals surface area contributed by atoms with Gasteiger partial charge in [0, 0.05) is 5.92 Å². The normalized spacial score (nSPS) is 37.4. The molecular formula is C20H28O4. The van der Waals surface area contributed by atoms with Gasteiger partial charge in [0.15, 0.2) is 0 Å². The van der Waals surface area contributed by atoms with Crippen molar-refractivity contribution in [1.82, 2.24) is 0 Å². The van der Waals surface area contributed by atoms with Crippen molar-refractivity contribution in [3.63, 3.8) is 0 Å². The van der Waals surface area contributed by atoms with Crippen LogP contribution in [0.3, 0.4) is 0 Å². The summed E-state index contributed by atoms with van der Waals surface area (Å²) >= 11 is 0. The van der Waals surface area contributed by atoms with Crippen molar-refractivity contribution in [2.24, 2.45) is 11.8 Å². The number of aromatic hydroxyl groups is 1. The average Bonchev–Trinajstić information content (AvgIpc) is 2.57. The Bertz CT molecular complexity index is 532. The Balaban J connectivity index is 1.48. The van der Waals surface area contributed by atoms with Gasteiger partial charge >= 0.3 is 0 Å². The highest BCUT2D eigenvalue weighted by Crippen LogP contribution is 2.42.